The zero-order valence-corrected chi connectivity index (χ0v) is 43.2. The van der Waals surface area contributed by atoms with Crippen LogP contribution in [0.25, 0.3) is 11.1 Å². The van der Waals surface area contributed by atoms with Gasteiger partial charge in [-0.15, -0.1) is 0 Å². The number of phenols is 1. The summed E-state index contributed by atoms with van der Waals surface area (Å²) >= 11 is 0. The molecule has 7 rings (SSSR count). The predicted molar refractivity (Wildman–Crippen MR) is 277 cm³/mol. The fourth-order valence-electron chi connectivity index (χ4n) is 11.2. The van der Waals surface area contributed by atoms with Crippen LogP contribution in [0.4, 0.5) is 0 Å². The molecule has 0 spiro atoms. The van der Waals surface area contributed by atoms with Gasteiger partial charge in [0.25, 0.3) is 0 Å². The van der Waals surface area contributed by atoms with Crippen LogP contribution in [-0.4, -0.2) is 77.4 Å². The summed E-state index contributed by atoms with van der Waals surface area (Å²) in [6.45, 7) is 12.5. The number of Topliss-reactive ketones (excluding diaryl/α,β-unsaturated/α-hetero) is 4. The Hall–Kier alpha value is -5.51. The van der Waals surface area contributed by atoms with Crippen LogP contribution in [-0.2, 0) is 44.5 Å². The number of carbonyl (C=O) groups excluding carboxylic acids is 7. The molecule has 3 aromatic rings. The van der Waals surface area contributed by atoms with Crippen molar-refractivity contribution >= 4 is 48.0 Å². The molecule has 14 nitrogen and oxygen atoms in total. The molecule has 3 saturated carbocycles. The number of rotatable bonds is 29. The lowest BCUT2D eigenvalue weighted by atomic mass is 9.43. The monoisotopic (exact) mass is 989 g/mol. The molecule has 7 N–H and O–H groups in total. The molecule has 15 heteroatoms. The first-order chi connectivity index (χ1) is 34.2. The molecule has 4 aliphatic rings. The molecule has 3 aliphatic carbocycles. The molecule has 1 saturated heterocycles. The van der Waals surface area contributed by atoms with E-state index in [1.165, 1.54) is 36.8 Å². The molecule has 388 valence electrons. The molecule has 0 radical (unpaired) electrons. The number of nitrogens with one attached hydrogen (secondary N) is 2. The number of hydrogen-bond acceptors (Lipinski definition) is 11. The second-order valence-electron chi connectivity index (χ2n) is 21.7. The minimum absolute atomic E-state index is 0.0532. The fraction of sp³-hybridized carbons (Fsp3) is 0.561. The highest BCUT2D eigenvalue weighted by Crippen LogP contribution is 2.66. The number of nitrogens with two attached hydrogens (primary N) is 2. The Morgan fingerprint density at radius 2 is 1.43 bits per heavy atom. The van der Waals surface area contributed by atoms with Crippen molar-refractivity contribution in [1.82, 2.24) is 10.6 Å². The number of amides is 3. The van der Waals surface area contributed by atoms with Crippen LogP contribution in [0.1, 0.15) is 159 Å². The highest BCUT2D eigenvalue weighted by atomic mass is 16.7. The normalized spacial score (nSPS) is 21.8. The van der Waals surface area contributed by atoms with Gasteiger partial charge < -0.3 is 36.5 Å². The number of primary amides is 1. The van der Waals surface area contributed by atoms with Gasteiger partial charge in [-0.1, -0.05) is 108 Å². The Kier molecular flexibility index (Phi) is 19.3. The van der Waals surface area contributed by atoms with E-state index in [1.807, 2.05) is 19.1 Å². The SMILES string of the molecule is CCCCc1ccc(-c2ccc(C(=O)CCCC(=O)C[C@@H](CCCCN)C(=O)NC(C(=O)C[C@@H](C)C(=O)N[C@@H](CC(N)=O)C(=O)C[C@@H](C)B3OC4C[C@@H]5C[C@@H](C5(C)C)[C@]4(C)O3)c3ccc(O)cc3)cc2)cc1. The Morgan fingerprint density at radius 1 is 0.764 bits per heavy atom. The van der Waals surface area contributed by atoms with Crippen molar-refractivity contribution in [3.05, 3.63) is 89.5 Å². The van der Waals surface area contributed by atoms with Crippen LogP contribution in [0, 0.1) is 29.1 Å². The van der Waals surface area contributed by atoms with E-state index in [0.29, 0.717) is 55.2 Å². The molecule has 4 fully saturated rings. The van der Waals surface area contributed by atoms with Gasteiger partial charge in [-0.2, -0.15) is 0 Å². The summed E-state index contributed by atoms with van der Waals surface area (Å²) in [7, 11) is -0.638. The molecular formula is C57H77BN4O10. The summed E-state index contributed by atoms with van der Waals surface area (Å²) in [5.41, 5.74) is 15.3. The summed E-state index contributed by atoms with van der Waals surface area (Å²) in [5, 5.41) is 15.6. The first kappa shape index (κ1) is 55.8. The summed E-state index contributed by atoms with van der Waals surface area (Å²) in [5.74, 6) is -4.62. The Labute approximate surface area is 426 Å². The lowest BCUT2D eigenvalue weighted by Gasteiger charge is -2.64. The van der Waals surface area contributed by atoms with Gasteiger partial charge in [-0.05, 0) is 116 Å². The number of carbonyl (C=O) groups is 7. The zero-order valence-electron chi connectivity index (χ0n) is 43.2. The number of hydrogen-bond donors (Lipinski definition) is 5. The van der Waals surface area contributed by atoms with Gasteiger partial charge in [0.1, 0.15) is 17.6 Å². The van der Waals surface area contributed by atoms with E-state index >= 15 is 0 Å². The number of aryl methyl sites for hydroxylation is 1. The van der Waals surface area contributed by atoms with Crippen LogP contribution >= 0.6 is 0 Å². The maximum Gasteiger partial charge on any atom is 0.461 e. The number of unbranched alkanes of at least 4 members (excludes halogenated alkanes) is 2. The Morgan fingerprint density at radius 3 is 2.06 bits per heavy atom. The predicted octanol–water partition coefficient (Wildman–Crippen LogP) is 8.35. The zero-order chi connectivity index (χ0) is 52.3. The molecule has 3 aromatic carbocycles. The van der Waals surface area contributed by atoms with Gasteiger partial charge in [0.15, 0.2) is 17.3 Å². The van der Waals surface area contributed by atoms with Gasteiger partial charge in [-0.25, -0.2) is 0 Å². The third-order valence-electron chi connectivity index (χ3n) is 15.9. The van der Waals surface area contributed by atoms with Crippen molar-refractivity contribution < 1.29 is 48.0 Å². The van der Waals surface area contributed by atoms with Crippen molar-refractivity contribution in [2.75, 3.05) is 6.54 Å². The summed E-state index contributed by atoms with van der Waals surface area (Å²) < 4.78 is 13.0. The van der Waals surface area contributed by atoms with Crippen molar-refractivity contribution in [3.63, 3.8) is 0 Å². The van der Waals surface area contributed by atoms with E-state index in [2.05, 4.69) is 62.6 Å². The Balaban J connectivity index is 1.04. The standard InChI is InChI=1S/C57H77BN4O10/c1-7-8-12-37-16-18-38(19-17-37)39-20-22-40(23-21-39)47(65)15-11-14-45(64)31-42(13-9-10-28-59)55(70)62-53(41-24-26-44(63)27-25-41)49(67)29-35(2)54(69)61-46(34-52(60)68)48(66)30-36(3)58-71-51-33-43-32-50(56(43,4)5)57(51,6)72-58/h16-27,35-36,42-43,46,50-51,53,63H,7-15,28-34,59H2,1-6H3,(H2,60,68)(H,61,69)(H,62,70)/t35-,36-,42-,43+,46+,50+,51?,53?,57+/m1/s1. The molecule has 9 atom stereocenters. The molecule has 2 bridgehead atoms. The van der Waals surface area contributed by atoms with Crippen molar-refractivity contribution in [2.24, 2.45) is 40.6 Å². The highest BCUT2D eigenvalue weighted by molar-refractivity contribution is 6.47. The maximum atomic E-state index is 14.2. The number of phenolic OH excluding ortho intramolecular Hbond substituents is 1. The number of ketones is 4. The third-order valence-corrected chi connectivity index (χ3v) is 15.9. The van der Waals surface area contributed by atoms with Crippen LogP contribution in [0.5, 0.6) is 5.75 Å². The lowest BCUT2D eigenvalue weighted by molar-refractivity contribution is -0.199. The van der Waals surface area contributed by atoms with E-state index in [0.717, 1.165) is 43.2 Å². The lowest BCUT2D eigenvalue weighted by Crippen LogP contribution is -2.65. The van der Waals surface area contributed by atoms with Crippen LogP contribution in [0.2, 0.25) is 5.82 Å². The quantitative estimate of drug-likeness (QED) is 0.0252. The molecule has 0 aromatic heterocycles. The topological polar surface area (TPSA) is 234 Å². The summed E-state index contributed by atoms with van der Waals surface area (Å²) in [6, 6.07) is 19.2. The third kappa shape index (κ3) is 14.0. The average Bonchev–Trinajstić information content (AvgIpc) is 3.72. The van der Waals surface area contributed by atoms with E-state index in [4.69, 9.17) is 20.8 Å². The highest BCUT2D eigenvalue weighted by Gasteiger charge is 2.68. The average molecular weight is 989 g/mol. The number of benzene rings is 3. The van der Waals surface area contributed by atoms with Crippen molar-refractivity contribution in [3.8, 4) is 16.9 Å². The van der Waals surface area contributed by atoms with Gasteiger partial charge in [-0.3, -0.25) is 33.6 Å². The van der Waals surface area contributed by atoms with Gasteiger partial charge >= 0.3 is 7.12 Å². The maximum absolute atomic E-state index is 14.2. The van der Waals surface area contributed by atoms with Gasteiger partial charge in [0.05, 0.1) is 24.2 Å². The first-order valence-electron chi connectivity index (χ1n) is 26.2. The fourth-order valence-corrected chi connectivity index (χ4v) is 11.2. The van der Waals surface area contributed by atoms with Crippen LogP contribution < -0.4 is 22.1 Å². The van der Waals surface area contributed by atoms with Crippen LogP contribution in [0.15, 0.2) is 72.8 Å². The van der Waals surface area contributed by atoms with E-state index in [9.17, 15) is 38.7 Å². The second-order valence-corrected chi connectivity index (χ2v) is 21.7. The van der Waals surface area contributed by atoms with Crippen LogP contribution in [0.3, 0.4) is 0 Å². The van der Waals surface area contributed by atoms with Crippen molar-refractivity contribution in [2.45, 2.75) is 167 Å². The minimum atomic E-state index is -1.26. The smallest absolute Gasteiger partial charge is 0.461 e. The number of aromatic hydroxyl groups is 1. The molecule has 1 heterocycles. The van der Waals surface area contributed by atoms with Gasteiger partial charge in [0, 0.05) is 49.5 Å². The van der Waals surface area contributed by atoms with E-state index < -0.39 is 78.2 Å². The van der Waals surface area contributed by atoms with E-state index in [1.54, 1.807) is 12.1 Å². The molecule has 3 amide bonds. The second kappa shape index (κ2) is 24.9. The summed E-state index contributed by atoms with van der Waals surface area (Å²) in [6.07, 6.45) is 6.27. The Bertz CT molecular complexity index is 2390. The molecule has 1 aliphatic heterocycles. The molecular weight excluding hydrogens is 911 g/mol. The van der Waals surface area contributed by atoms with E-state index in [-0.39, 0.29) is 60.9 Å². The molecule has 2 unspecified atom stereocenters. The minimum Gasteiger partial charge on any atom is -0.508 e. The first-order valence-corrected chi connectivity index (χ1v) is 26.2. The summed E-state index contributed by atoms with van der Waals surface area (Å²) in [4.78, 5) is 94.6. The largest absolute Gasteiger partial charge is 0.508 e. The molecule has 72 heavy (non-hydrogen) atoms. The van der Waals surface area contributed by atoms with Crippen molar-refractivity contribution in [1.29, 1.82) is 0 Å². The van der Waals surface area contributed by atoms with Gasteiger partial charge in [0.2, 0.25) is 17.7 Å².